The first-order valence-corrected chi connectivity index (χ1v) is 7.46. The maximum absolute atomic E-state index is 11.8. The molecule has 0 aliphatic heterocycles. The molecular weight excluding hydrogens is 300 g/mol. The highest BCUT2D eigenvalue weighted by Crippen LogP contribution is 2.10. The molecule has 126 valence electrons. The van der Waals surface area contributed by atoms with Gasteiger partial charge < -0.3 is 20.1 Å². The average molecular weight is 322 g/mol. The third-order valence-electron chi connectivity index (χ3n) is 2.81. The Morgan fingerprint density at radius 1 is 1.04 bits per heavy atom. The van der Waals surface area contributed by atoms with E-state index in [2.05, 4.69) is 10.6 Å². The molecule has 0 aliphatic rings. The van der Waals surface area contributed by atoms with Crippen molar-refractivity contribution in [3.8, 4) is 0 Å². The van der Waals surface area contributed by atoms with Crippen molar-refractivity contribution in [1.29, 1.82) is 0 Å². The Morgan fingerprint density at radius 3 is 2.22 bits per heavy atom. The molecule has 0 saturated heterocycles. The molecule has 1 rings (SSSR count). The van der Waals surface area contributed by atoms with Crippen LogP contribution in [0.15, 0.2) is 24.3 Å². The molecule has 2 amide bonds. The van der Waals surface area contributed by atoms with Crippen LogP contribution in [-0.2, 0) is 14.3 Å². The number of carbonyl (C=O) groups is 3. The standard InChI is InChI=1S/C16H22N2O5/c1-4-22-14(19)10-11(3)17-16(21)18-13-8-6-12(7-9-13)15(20)23-5-2/h6-9,11H,4-5,10H2,1-3H3,(H2,17,18,21). The molecule has 0 aromatic heterocycles. The van der Waals surface area contributed by atoms with Crippen molar-refractivity contribution < 1.29 is 23.9 Å². The summed E-state index contributed by atoms with van der Waals surface area (Å²) in [6.07, 6.45) is 0.100. The van der Waals surface area contributed by atoms with Gasteiger partial charge in [-0.3, -0.25) is 4.79 Å². The number of anilines is 1. The smallest absolute Gasteiger partial charge is 0.338 e. The van der Waals surface area contributed by atoms with Crippen molar-refractivity contribution in [2.24, 2.45) is 0 Å². The summed E-state index contributed by atoms with van der Waals surface area (Å²) in [5.41, 5.74) is 0.937. The quantitative estimate of drug-likeness (QED) is 0.751. The van der Waals surface area contributed by atoms with E-state index >= 15 is 0 Å². The van der Waals surface area contributed by atoms with E-state index in [0.717, 1.165) is 0 Å². The summed E-state index contributed by atoms with van der Waals surface area (Å²) in [7, 11) is 0. The molecule has 0 fully saturated rings. The lowest BCUT2D eigenvalue weighted by Crippen LogP contribution is -2.37. The number of urea groups is 1. The van der Waals surface area contributed by atoms with Crippen molar-refractivity contribution in [2.75, 3.05) is 18.5 Å². The van der Waals surface area contributed by atoms with Gasteiger partial charge in [0.25, 0.3) is 0 Å². The highest BCUT2D eigenvalue weighted by molar-refractivity contribution is 5.92. The van der Waals surface area contributed by atoms with Crippen molar-refractivity contribution >= 4 is 23.7 Å². The Balaban J connectivity index is 2.48. The lowest BCUT2D eigenvalue weighted by atomic mass is 10.2. The van der Waals surface area contributed by atoms with E-state index in [-0.39, 0.29) is 18.4 Å². The molecule has 0 spiro atoms. The van der Waals surface area contributed by atoms with Gasteiger partial charge in [-0.15, -0.1) is 0 Å². The molecule has 0 aliphatic carbocycles. The summed E-state index contributed by atoms with van der Waals surface area (Å²) in [6, 6.07) is 5.54. The van der Waals surface area contributed by atoms with Crippen LogP contribution in [0, 0.1) is 0 Å². The van der Waals surface area contributed by atoms with E-state index in [1.807, 2.05) is 0 Å². The number of hydrogen-bond acceptors (Lipinski definition) is 5. The van der Waals surface area contributed by atoms with Crippen LogP contribution in [0.25, 0.3) is 0 Å². The third-order valence-corrected chi connectivity index (χ3v) is 2.81. The maximum Gasteiger partial charge on any atom is 0.338 e. The zero-order valence-corrected chi connectivity index (χ0v) is 13.5. The number of hydrogen-bond donors (Lipinski definition) is 2. The zero-order chi connectivity index (χ0) is 17.2. The van der Waals surface area contributed by atoms with Crippen LogP contribution < -0.4 is 10.6 Å². The zero-order valence-electron chi connectivity index (χ0n) is 13.5. The minimum absolute atomic E-state index is 0.100. The molecule has 0 bridgehead atoms. The van der Waals surface area contributed by atoms with Gasteiger partial charge in [-0.25, -0.2) is 9.59 Å². The number of nitrogens with one attached hydrogen (secondary N) is 2. The van der Waals surface area contributed by atoms with Crippen molar-refractivity contribution in [1.82, 2.24) is 5.32 Å². The van der Waals surface area contributed by atoms with Crippen molar-refractivity contribution in [3.05, 3.63) is 29.8 Å². The second-order valence-corrected chi connectivity index (χ2v) is 4.81. The third kappa shape index (κ3) is 6.82. The van der Waals surface area contributed by atoms with E-state index in [4.69, 9.17) is 9.47 Å². The van der Waals surface area contributed by atoms with Gasteiger partial charge in [-0.1, -0.05) is 0 Å². The summed E-state index contributed by atoms with van der Waals surface area (Å²) in [5.74, 6) is -0.773. The first-order chi connectivity index (χ1) is 11.0. The van der Waals surface area contributed by atoms with Crippen LogP contribution in [-0.4, -0.2) is 37.2 Å². The Morgan fingerprint density at radius 2 is 1.65 bits per heavy atom. The summed E-state index contributed by atoms with van der Waals surface area (Å²) < 4.78 is 9.69. The van der Waals surface area contributed by atoms with Gasteiger partial charge in [0, 0.05) is 11.7 Å². The predicted octanol–water partition coefficient (Wildman–Crippen LogP) is 2.33. The SMILES string of the molecule is CCOC(=O)CC(C)NC(=O)Nc1ccc(C(=O)OCC)cc1. The number of amides is 2. The fourth-order valence-electron chi connectivity index (χ4n) is 1.82. The van der Waals surface area contributed by atoms with Crippen LogP contribution in [0.4, 0.5) is 10.5 Å². The average Bonchev–Trinajstić information content (AvgIpc) is 2.47. The van der Waals surface area contributed by atoms with Gasteiger partial charge in [0.1, 0.15) is 0 Å². The molecule has 23 heavy (non-hydrogen) atoms. The van der Waals surface area contributed by atoms with Gasteiger partial charge >= 0.3 is 18.0 Å². The largest absolute Gasteiger partial charge is 0.466 e. The molecule has 0 heterocycles. The van der Waals surface area contributed by atoms with Crippen LogP contribution >= 0.6 is 0 Å². The van der Waals surface area contributed by atoms with E-state index in [1.54, 1.807) is 45.0 Å². The van der Waals surface area contributed by atoms with Gasteiger partial charge in [0.2, 0.25) is 0 Å². The van der Waals surface area contributed by atoms with Gasteiger partial charge in [0.15, 0.2) is 0 Å². The van der Waals surface area contributed by atoms with Crippen molar-refractivity contribution in [3.63, 3.8) is 0 Å². The second-order valence-electron chi connectivity index (χ2n) is 4.81. The summed E-state index contributed by atoms with van der Waals surface area (Å²) in [5, 5.41) is 5.25. The molecule has 0 radical (unpaired) electrons. The summed E-state index contributed by atoms with van der Waals surface area (Å²) in [6.45, 7) is 5.78. The Labute approximate surface area is 135 Å². The van der Waals surface area contributed by atoms with E-state index in [1.165, 1.54) is 0 Å². The molecule has 1 aromatic carbocycles. The molecular formula is C16H22N2O5. The Bertz CT molecular complexity index is 542. The molecule has 1 aromatic rings. The molecule has 1 atom stereocenters. The van der Waals surface area contributed by atoms with Gasteiger partial charge in [-0.05, 0) is 45.0 Å². The highest BCUT2D eigenvalue weighted by atomic mass is 16.5. The maximum atomic E-state index is 11.8. The molecule has 7 nitrogen and oxygen atoms in total. The minimum Gasteiger partial charge on any atom is -0.466 e. The van der Waals surface area contributed by atoms with Gasteiger partial charge in [0.05, 0.1) is 25.2 Å². The van der Waals surface area contributed by atoms with Crippen LogP contribution in [0.3, 0.4) is 0 Å². The lowest BCUT2D eigenvalue weighted by Gasteiger charge is -2.14. The monoisotopic (exact) mass is 322 g/mol. The van der Waals surface area contributed by atoms with Crippen LogP contribution in [0.2, 0.25) is 0 Å². The summed E-state index contributed by atoms with van der Waals surface area (Å²) >= 11 is 0. The fourth-order valence-corrected chi connectivity index (χ4v) is 1.82. The van der Waals surface area contributed by atoms with E-state index < -0.39 is 12.0 Å². The molecule has 2 N–H and O–H groups in total. The molecule has 1 unspecified atom stereocenters. The fraction of sp³-hybridized carbons (Fsp3) is 0.438. The predicted molar refractivity (Wildman–Crippen MR) is 85.3 cm³/mol. The normalized spacial score (nSPS) is 11.3. The Hall–Kier alpha value is -2.57. The van der Waals surface area contributed by atoms with E-state index in [9.17, 15) is 14.4 Å². The van der Waals surface area contributed by atoms with Crippen LogP contribution in [0.1, 0.15) is 37.6 Å². The van der Waals surface area contributed by atoms with Crippen molar-refractivity contribution in [2.45, 2.75) is 33.2 Å². The number of carbonyl (C=O) groups excluding carboxylic acids is 3. The topological polar surface area (TPSA) is 93.7 Å². The number of esters is 2. The first kappa shape index (κ1) is 18.5. The second kappa shape index (κ2) is 9.45. The Kier molecular flexibility index (Phi) is 7.59. The number of rotatable bonds is 7. The molecule has 7 heteroatoms. The van der Waals surface area contributed by atoms with Gasteiger partial charge in [-0.2, -0.15) is 0 Å². The number of ether oxygens (including phenoxy) is 2. The lowest BCUT2D eigenvalue weighted by molar-refractivity contribution is -0.143. The summed E-state index contributed by atoms with van der Waals surface area (Å²) in [4.78, 5) is 34.6. The highest BCUT2D eigenvalue weighted by Gasteiger charge is 2.13. The van der Waals surface area contributed by atoms with E-state index in [0.29, 0.717) is 24.5 Å². The minimum atomic E-state index is -0.439. The first-order valence-electron chi connectivity index (χ1n) is 7.46. The molecule has 0 saturated carbocycles. The number of benzene rings is 1. The van der Waals surface area contributed by atoms with Crippen LogP contribution in [0.5, 0.6) is 0 Å².